The average Bonchev–Trinajstić information content (AvgIpc) is 2.96. The fraction of sp³-hybridized carbons (Fsp3) is 0.176. The maximum absolute atomic E-state index is 10.6. The van der Waals surface area contributed by atoms with Gasteiger partial charge in [0.15, 0.2) is 0 Å². The summed E-state index contributed by atoms with van der Waals surface area (Å²) in [6.07, 6.45) is 1.94. The van der Waals surface area contributed by atoms with Crippen molar-refractivity contribution < 1.29 is 9.66 Å². The van der Waals surface area contributed by atoms with Gasteiger partial charge in [0.2, 0.25) is 0 Å². The Balaban J connectivity index is 1.73. The third-order valence-corrected chi connectivity index (χ3v) is 3.57. The molecule has 23 heavy (non-hydrogen) atoms. The van der Waals surface area contributed by atoms with Gasteiger partial charge in [0, 0.05) is 35.8 Å². The number of nitrogens with zero attached hydrogens (tertiary/aromatic N) is 1. The van der Waals surface area contributed by atoms with Crippen LogP contribution in [0, 0.1) is 10.1 Å². The number of nitrogens with one attached hydrogen (secondary N) is 2. The molecule has 0 amide bonds. The van der Waals surface area contributed by atoms with E-state index in [4.69, 9.17) is 4.74 Å². The van der Waals surface area contributed by atoms with Crippen molar-refractivity contribution in [1.29, 1.82) is 0 Å². The molecule has 0 bridgehead atoms. The zero-order valence-electron chi connectivity index (χ0n) is 12.7. The minimum absolute atomic E-state index is 0.0813. The van der Waals surface area contributed by atoms with Gasteiger partial charge in [-0.3, -0.25) is 10.1 Å². The Hall–Kier alpha value is -3.02. The quantitative estimate of drug-likeness (QED) is 0.531. The molecule has 0 aliphatic heterocycles. The van der Waals surface area contributed by atoms with Crippen molar-refractivity contribution in [3.8, 4) is 5.75 Å². The molecule has 1 aromatic heterocycles. The Morgan fingerprint density at radius 2 is 2.00 bits per heavy atom. The summed E-state index contributed by atoms with van der Waals surface area (Å²) in [5.74, 6) is 0.759. The highest BCUT2D eigenvalue weighted by Gasteiger charge is 2.06. The summed E-state index contributed by atoms with van der Waals surface area (Å²) in [5.41, 5.74) is 3.06. The summed E-state index contributed by atoms with van der Waals surface area (Å²) in [4.78, 5) is 13.4. The summed E-state index contributed by atoms with van der Waals surface area (Å²) in [6, 6.07) is 12.2. The molecule has 0 atom stereocenters. The van der Waals surface area contributed by atoms with Crippen molar-refractivity contribution in [3.05, 3.63) is 64.3 Å². The zero-order chi connectivity index (χ0) is 16.2. The predicted octanol–water partition coefficient (Wildman–Crippen LogP) is 4.09. The van der Waals surface area contributed by atoms with Crippen LogP contribution in [0.1, 0.15) is 12.5 Å². The largest absolute Gasteiger partial charge is 0.489 e. The third kappa shape index (κ3) is 3.26. The Labute approximate surface area is 133 Å². The second-order valence-corrected chi connectivity index (χ2v) is 5.15. The van der Waals surface area contributed by atoms with Crippen molar-refractivity contribution in [2.45, 2.75) is 13.5 Å². The first-order valence-corrected chi connectivity index (χ1v) is 7.38. The van der Waals surface area contributed by atoms with Gasteiger partial charge in [0.25, 0.3) is 5.69 Å². The molecule has 0 spiro atoms. The number of benzene rings is 2. The van der Waals surface area contributed by atoms with Crippen LogP contribution in [0.3, 0.4) is 0 Å². The van der Waals surface area contributed by atoms with Crippen molar-refractivity contribution in [2.75, 3.05) is 11.9 Å². The number of H-pyrrole nitrogens is 1. The van der Waals surface area contributed by atoms with Crippen LogP contribution in [0.25, 0.3) is 10.9 Å². The van der Waals surface area contributed by atoms with E-state index in [0.717, 1.165) is 34.4 Å². The van der Waals surface area contributed by atoms with Gasteiger partial charge in [-0.1, -0.05) is 0 Å². The normalized spacial score (nSPS) is 10.7. The Kier molecular flexibility index (Phi) is 4.14. The monoisotopic (exact) mass is 311 g/mol. The summed E-state index contributed by atoms with van der Waals surface area (Å²) in [5, 5.41) is 15.0. The molecule has 3 aromatic rings. The van der Waals surface area contributed by atoms with Crippen LogP contribution in [-0.2, 0) is 6.61 Å². The molecule has 6 heteroatoms. The molecule has 0 fully saturated rings. The van der Waals surface area contributed by atoms with Crippen molar-refractivity contribution in [2.24, 2.45) is 0 Å². The summed E-state index contributed by atoms with van der Waals surface area (Å²) < 4.78 is 5.79. The molecule has 0 radical (unpaired) electrons. The van der Waals surface area contributed by atoms with E-state index in [1.807, 2.05) is 31.3 Å². The number of aromatic nitrogens is 1. The zero-order valence-corrected chi connectivity index (χ0v) is 12.7. The molecular weight excluding hydrogens is 294 g/mol. The number of non-ortho nitro benzene ring substituents is 1. The van der Waals surface area contributed by atoms with Crippen LogP contribution in [0.5, 0.6) is 5.75 Å². The molecule has 0 saturated heterocycles. The van der Waals surface area contributed by atoms with E-state index < -0.39 is 4.92 Å². The van der Waals surface area contributed by atoms with Crippen LogP contribution in [-0.4, -0.2) is 16.5 Å². The molecule has 0 aliphatic rings. The fourth-order valence-electron chi connectivity index (χ4n) is 2.41. The van der Waals surface area contributed by atoms with Gasteiger partial charge in [-0.15, -0.1) is 0 Å². The summed E-state index contributed by atoms with van der Waals surface area (Å²) in [7, 11) is 0. The number of fused-ring (bicyclic) bond motifs is 1. The molecule has 118 valence electrons. The van der Waals surface area contributed by atoms with Crippen LogP contribution in [0.2, 0.25) is 0 Å². The van der Waals surface area contributed by atoms with Crippen LogP contribution >= 0.6 is 0 Å². The van der Waals surface area contributed by atoms with Gasteiger partial charge >= 0.3 is 0 Å². The highest BCUT2D eigenvalue weighted by molar-refractivity contribution is 5.93. The Morgan fingerprint density at radius 3 is 2.70 bits per heavy atom. The molecule has 1 heterocycles. The number of anilines is 1. The topological polar surface area (TPSA) is 80.2 Å². The van der Waals surface area contributed by atoms with Gasteiger partial charge < -0.3 is 15.0 Å². The number of hydrogen-bond acceptors (Lipinski definition) is 4. The van der Waals surface area contributed by atoms with Gasteiger partial charge in [-0.05, 0) is 42.8 Å². The van der Waals surface area contributed by atoms with E-state index in [9.17, 15) is 10.1 Å². The molecule has 0 unspecified atom stereocenters. The lowest BCUT2D eigenvalue weighted by Gasteiger charge is -2.07. The number of aromatic amines is 1. The van der Waals surface area contributed by atoms with Crippen molar-refractivity contribution in [1.82, 2.24) is 4.98 Å². The van der Waals surface area contributed by atoms with Crippen molar-refractivity contribution >= 4 is 22.3 Å². The first-order valence-electron chi connectivity index (χ1n) is 7.38. The highest BCUT2D eigenvalue weighted by atomic mass is 16.6. The van der Waals surface area contributed by atoms with Gasteiger partial charge in [-0.25, -0.2) is 0 Å². The minimum Gasteiger partial charge on any atom is -0.489 e. The third-order valence-electron chi connectivity index (χ3n) is 3.57. The highest BCUT2D eigenvalue weighted by Crippen LogP contribution is 2.27. The van der Waals surface area contributed by atoms with E-state index >= 15 is 0 Å². The Bertz CT molecular complexity index is 825. The molecule has 3 rings (SSSR count). The minimum atomic E-state index is -0.410. The fourth-order valence-corrected chi connectivity index (χ4v) is 2.41. The second kappa shape index (κ2) is 6.39. The second-order valence-electron chi connectivity index (χ2n) is 5.15. The number of hydrogen-bond donors (Lipinski definition) is 2. The lowest BCUT2D eigenvalue weighted by atomic mass is 10.2. The molecule has 0 aliphatic carbocycles. The molecule has 2 aromatic carbocycles. The van der Waals surface area contributed by atoms with E-state index in [0.29, 0.717) is 6.61 Å². The maximum atomic E-state index is 10.6. The standard InChI is InChI=1S/C17H17N3O3/c1-2-18-17-10-19-16-8-7-14(9-15(16)17)23-11-12-3-5-13(6-4-12)20(21)22/h3-10,18-19H,2,11H2,1H3. The van der Waals surface area contributed by atoms with E-state index in [1.165, 1.54) is 12.1 Å². The van der Waals surface area contributed by atoms with Crippen molar-refractivity contribution in [3.63, 3.8) is 0 Å². The van der Waals surface area contributed by atoms with Crippen LogP contribution in [0.4, 0.5) is 11.4 Å². The molecular formula is C17H17N3O3. The van der Waals surface area contributed by atoms with Gasteiger partial charge in [-0.2, -0.15) is 0 Å². The average molecular weight is 311 g/mol. The van der Waals surface area contributed by atoms with E-state index in [-0.39, 0.29) is 5.69 Å². The SMILES string of the molecule is CCNc1c[nH]c2ccc(OCc3ccc([N+](=O)[O-])cc3)cc12. The number of ether oxygens (including phenoxy) is 1. The lowest BCUT2D eigenvalue weighted by Crippen LogP contribution is -1.97. The van der Waals surface area contributed by atoms with E-state index in [1.54, 1.807) is 12.1 Å². The first-order chi connectivity index (χ1) is 11.2. The molecule has 0 saturated carbocycles. The predicted molar refractivity (Wildman–Crippen MR) is 89.9 cm³/mol. The van der Waals surface area contributed by atoms with Gasteiger partial charge in [0.05, 0.1) is 10.6 Å². The first kappa shape index (κ1) is 14.9. The number of nitro groups is 1. The smallest absolute Gasteiger partial charge is 0.269 e. The Morgan fingerprint density at radius 1 is 1.22 bits per heavy atom. The molecule has 2 N–H and O–H groups in total. The summed E-state index contributed by atoms with van der Waals surface area (Å²) >= 11 is 0. The number of nitro benzene ring substituents is 1. The van der Waals surface area contributed by atoms with Crippen LogP contribution < -0.4 is 10.1 Å². The molecule has 6 nitrogen and oxygen atoms in total. The maximum Gasteiger partial charge on any atom is 0.269 e. The number of rotatable bonds is 6. The van der Waals surface area contributed by atoms with Gasteiger partial charge in [0.1, 0.15) is 12.4 Å². The lowest BCUT2D eigenvalue weighted by molar-refractivity contribution is -0.384. The summed E-state index contributed by atoms with van der Waals surface area (Å²) in [6.45, 7) is 3.26. The van der Waals surface area contributed by atoms with E-state index in [2.05, 4.69) is 10.3 Å². The van der Waals surface area contributed by atoms with Crippen LogP contribution in [0.15, 0.2) is 48.7 Å².